The first-order valence-corrected chi connectivity index (χ1v) is 5.92. The molecule has 0 amide bonds. The normalized spacial score (nSPS) is 10.6. The number of hydrogen-bond donors (Lipinski definition) is 1. The van der Waals surface area contributed by atoms with Crippen LogP contribution in [0.15, 0.2) is 24.3 Å². The molecule has 0 saturated heterocycles. The van der Waals surface area contributed by atoms with Crippen molar-refractivity contribution in [3.8, 4) is 12.3 Å². The van der Waals surface area contributed by atoms with E-state index in [9.17, 15) is 0 Å². The third-order valence-electron chi connectivity index (χ3n) is 3.25. The van der Waals surface area contributed by atoms with Crippen molar-refractivity contribution in [1.29, 1.82) is 0 Å². The molecule has 0 aliphatic rings. The number of para-hydroxylation sites is 1. The van der Waals surface area contributed by atoms with E-state index in [2.05, 4.69) is 54.0 Å². The highest BCUT2D eigenvalue weighted by Crippen LogP contribution is 2.24. The van der Waals surface area contributed by atoms with E-state index >= 15 is 0 Å². The van der Waals surface area contributed by atoms with Gasteiger partial charge < -0.3 is 9.88 Å². The Morgan fingerprint density at radius 1 is 1.35 bits per heavy atom. The van der Waals surface area contributed by atoms with Crippen LogP contribution in [-0.4, -0.2) is 11.1 Å². The monoisotopic (exact) mass is 226 g/mol. The van der Waals surface area contributed by atoms with Crippen LogP contribution in [0.5, 0.6) is 0 Å². The highest BCUT2D eigenvalue weighted by atomic mass is 15.0. The molecule has 2 aromatic rings. The fraction of sp³-hybridized carbons (Fsp3) is 0.333. The first-order valence-electron chi connectivity index (χ1n) is 5.92. The van der Waals surface area contributed by atoms with Crippen LogP contribution in [0.4, 0.5) is 0 Å². The number of nitrogens with one attached hydrogen (secondary N) is 1. The molecule has 0 radical (unpaired) electrons. The summed E-state index contributed by atoms with van der Waals surface area (Å²) in [5.41, 5.74) is 3.98. The van der Waals surface area contributed by atoms with Crippen molar-refractivity contribution < 1.29 is 0 Å². The van der Waals surface area contributed by atoms with Gasteiger partial charge >= 0.3 is 0 Å². The summed E-state index contributed by atoms with van der Waals surface area (Å²) in [4.78, 5) is 0. The van der Waals surface area contributed by atoms with Gasteiger partial charge in [-0.1, -0.05) is 18.2 Å². The number of fused-ring (bicyclic) bond motifs is 1. The third kappa shape index (κ3) is 2.20. The summed E-state index contributed by atoms with van der Waals surface area (Å²) < 4.78 is 2.26. The first kappa shape index (κ1) is 11.8. The van der Waals surface area contributed by atoms with E-state index in [1.165, 1.54) is 22.2 Å². The second-order valence-corrected chi connectivity index (χ2v) is 4.28. The number of benzene rings is 1. The summed E-state index contributed by atoms with van der Waals surface area (Å²) >= 11 is 0. The number of aromatic nitrogens is 1. The molecule has 88 valence electrons. The summed E-state index contributed by atoms with van der Waals surface area (Å²) in [5.74, 6) is 2.64. The minimum Gasteiger partial charge on any atom is -0.346 e. The smallest absolute Gasteiger partial charge is 0.0483 e. The van der Waals surface area contributed by atoms with Gasteiger partial charge in [-0.2, -0.15) is 0 Å². The third-order valence-corrected chi connectivity index (χ3v) is 3.25. The van der Waals surface area contributed by atoms with Crippen molar-refractivity contribution in [1.82, 2.24) is 9.88 Å². The summed E-state index contributed by atoms with van der Waals surface area (Å²) in [6.45, 7) is 3.93. The van der Waals surface area contributed by atoms with Crippen LogP contribution in [-0.2, 0) is 13.6 Å². The maximum absolute atomic E-state index is 5.23. The molecule has 0 saturated carbocycles. The highest BCUT2D eigenvalue weighted by Gasteiger charge is 2.09. The van der Waals surface area contributed by atoms with Crippen molar-refractivity contribution in [2.45, 2.75) is 19.9 Å². The molecule has 2 heteroatoms. The minimum absolute atomic E-state index is 0.781. The average Bonchev–Trinajstić information content (AvgIpc) is 2.60. The molecule has 0 aliphatic heterocycles. The molecule has 17 heavy (non-hydrogen) atoms. The fourth-order valence-corrected chi connectivity index (χ4v) is 2.25. The van der Waals surface area contributed by atoms with Crippen molar-refractivity contribution in [3.05, 3.63) is 35.5 Å². The van der Waals surface area contributed by atoms with E-state index < -0.39 is 0 Å². The van der Waals surface area contributed by atoms with Crippen molar-refractivity contribution >= 4 is 10.9 Å². The maximum Gasteiger partial charge on any atom is 0.0483 e. The SMILES string of the molecule is C#CCCNCc1c(C)c2ccccc2n1C. The zero-order valence-corrected chi connectivity index (χ0v) is 10.5. The number of aryl methyl sites for hydroxylation is 2. The first-order chi connectivity index (χ1) is 8.25. The van der Waals surface area contributed by atoms with Crippen LogP contribution >= 0.6 is 0 Å². The van der Waals surface area contributed by atoms with Crippen molar-refractivity contribution in [3.63, 3.8) is 0 Å². The Kier molecular flexibility index (Phi) is 3.51. The largest absolute Gasteiger partial charge is 0.346 e. The Morgan fingerprint density at radius 3 is 2.82 bits per heavy atom. The topological polar surface area (TPSA) is 17.0 Å². The lowest BCUT2D eigenvalue weighted by atomic mass is 10.1. The predicted octanol–water partition coefficient (Wildman–Crippen LogP) is 2.60. The number of terminal acetylenes is 1. The van der Waals surface area contributed by atoms with Gasteiger partial charge in [0.15, 0.2) is 0 Å². The molecule has 0 unspecified atom stereocenters. The van der Waals surface area contributed by atoms with Gasteiger partial charge in [0.1, 0.15) is 0 Å². The lowest BCUT2D eigenvalue weighted by Gasteiger charge is -2.06. The lowest BCUT2D eigenvalue weighted by molar-refractivity contribution is 0.664. The Hall–Kier alpha value is -1.72. The summed E-state index contributed by atoms with van der Waals surface area (Å²) in [6.07, 6.45) is 6.01. The quantitative estimate of drug-likeness (QED) is 0.626. The molecule has 1 N–H and O–H groups in total. The number of rotatable bonds is 4. The van der Waals surface area contributed by atoms with Crippen LogP contribution in [0.2, 0.25) is 0 Å². The molecule has 0 bridgehead atoms. The van der Waals surface area contributed by atoms with Gasteiger partial charge in [0, 0.05) is 43.2 Å². The van der Waals surface area contributed by atoms with Gasteiger partial charge in [0.2, 0.25) is 0 Å². The van der Waals surface area contributed by atoms with Crippen LogP contribution < -0.4 is 5.32 Å². The summed E-state index contributed by atoms with van der Waals surface area (Å²) in [5, 5.41) is 4.72. The summed E-state index contributed by atoms with van der Waals surface area (Å²) in [7, 11) is 2.12. The maximum atomic E-state index is 5.23. The lowest BCUT2D eigenvalue weighted by Crippen LogP contribution is -2.16. The van der Waals surface area contributed by atoms with E-state index in [4.69, 9.17) is 6.42 Å². The molecule has 0 fully saturated rings. The van der Waals surface area contributed by atoms with E-state index in [1.54, 1.807) is 0 Å². The molecule has 1 aromatic heterocycles. The van der Waals surface area contributed by atoms with Crippen LogP contribution in [0.25, 0.3) is 10.9 Å². The number of nitrogens with zero attached hydrogens (tertiary/aromatic N) is 1. The van der Waals surface area contributed by atoms with E-state index in [0.29, 0.717) is 0 Å². The molecule has 1 aromatic carbocycles. The van der Waals surface area contributed by atoms with Crippen LogP contribution in [0, 0.1) is 19.3 Å². The molecular formula is C15H18N2. The average molecular weight is 226 g/mol. The van der Waals surface area contributed by atoms with E-state index in [-0.39, 0.29) is 0 Å². The Morgan fingerprint density at radius 2 is 2.12 bits per heavy atom. The van der Waals surface area contributed by atoms with Gasteiger partial charge in [0.25, 0.3) is 0 Å². The number of hydrogen-bond acceptors (Lipinski definition) is 1. The zero-order valence-electron chi connectivity index (χ0n) is 10.5. The van der Waals surface area contributed by atoms with Gasteiger partial charge in [-0.25, -0.2) is 0 Å². The molecule has 0 spiro atoms. The van der Waals surface area contributed by atoms with E-state index in [1.807, 2.05) is 0 Å². The van der Waals surface area contributed by atoms with Crippen LogP contribution in [0.1, 0.15) is 17.7 Å². The minimum atomic E-state index is 0.781. The summed E-state index contributed by atoms with van der Waals surface area (Å²) in [6, 6.07) is 8.51. The fourth-order valence-electron chi connectivity index (χ4n) is 2.25. The van der Waals surface area contributed by atoms with Gasteiger partial charge in [-0.15, -0.1) is 12.3 Å². The molecular weight excluding hydrogens is 208 g/mol. The molecule has 2 nitrogen and oxygen atoms in total. The van der Waals surface area contributed by atoms with E-state index in [0.717, 1.165) is 19.5 Å². The van der Waals surface area contributed by atoms with Crippen molar-refractivity contribution in [2.24, 2.45) is 7.05 Å². The molecule has 2 rings (SSSR count). The van der Waals surface area contributed by atoms with Gasteiger partial charge in [-0.05, 0) is 18.6 Å². The zero-order chi connectivity index (χ0) is 12.3. The second kappa shape index (κ2) is 5.07. The molecule has 0 atom stereocenters. The highest BCUT2D eigenvalue weighted by molar-refractivity contribution is 5.85. The predicted molar refractivity (Wildman–Crippen MR) is 72.8 cm³/mol. The Balaban J connectivity index is 2.25. The Bertz CT molecular complexity index is 519. The van der Waals surface area contributed by atoms with Crippen molar-refractivity contribution in [2.75, 3.05) is 6.54 Å². The molecule has 1 heterocycles. The Labute approximate surface area is 103 Å². The van der Waals surface area contributed by atoms with Gasteiger partial charge in [0.05, 0.1) is 0 Å². The molecule has 0 aliphatic carbocycles. The second-order valence-electron chi connectivity index (χ2n) is 4.28. The standard InChI is InChI=1S/C15H18N2/c1-4-5-10-16-11-15-12(2)13-8-6-7-9-14(13)17(15)3/h1,6-9,16H,5,10-11H2,2-3H3. The van der Waals surface area contributed by atoms with Crippen LogP contribution in [0.3, 0.4) is 0 Å². The van der Waals surface area contributed by atoms with Gasteiger partial charge in [-0.3, -0.25) is 0 Å².